The van der Waals surface area contributed by atoms with Crippen molar-refractivity contribution in [3.05, 3.63) is 35.6 Å². The summed E-state index contributed by atoms with van der Waals surface area (Å²) >= 11 is 0. The zero-order valence-electron chi connectivity index (χ0n) is 6.31. The second-order valence-corrected chi connectivity index (χ2v) is 2.48. The van der Waals surface area contributed by atoms with Crippen LogP contribution in [0.4, 0.5) is 4.39 Å². The monoisotopic (exact) mass is 152 g/mol. The highest BCUT2D eigenvalue weighted by Gasteiger charge is 1.93. The molecular formula is C9H11FN. The van der Waals surface area contributed by atoms with E-state index in [0.29, 0.717) is 6.54 Å². The molecule has 1 radical (unpaired) electrons. The highest BCUT2D eigenvalue weighted by molar-refractivity contribution is 5.16. The number of benzene rings is 1. The van der Waals surface area contributed by atoms with E-state index in [1.807, 2.05) is 6.07 Å². The predicted octanol–water partition coefficient (Wildman–Crippen LogP) is 2.04. The fourth-order valence-corrected chi connectivity index (χ4v) is 0.985. The van der Waals surface area contributed by atoms with Crippen LogP contribution in [-0.4, -0.2) is 6.54 Å². The van der Waals surface area contributed by atoms with E-state index >= 15 is 0 Å². The van der Waals surface area contributed by atoms with Crippen molar-refractivity contribution in [3.8, 4) is 0 Å². The number of aryl methyl sites for hydroxylation is 1. The van der Waals surface area contributed by atoms with E-state index in [-0.39, 0.29) is 5.82 Å². The van der Waals surface area contributed by atoms with Gasteiger partial charge in [0.25, 0.3) is 0 Å². The molecule has 0 fully saturated rings. The molecule has 0 saturated carbocycles. The second kappa shape index (κ2) is 4.09. The van der Waals surface area contributed by atoms with Crippen molar-refractivity contribution in [1.29, 1.82) is 0 Å². The highest BCUT2D eigenvalue weighted by atomic mass is 19.1. The van der Waals surface area contributed by atoms with Gasteiger partial charge in [-0.05, 0) is 30.5 Å². The van der Waals surface area contributed by atoms with E-state index in [2.05, 4.69) is 0 Å². The minimum Gasteiger partial charge on any atom is -0.258 e. The Kier molecular flexibility index (Phi) is 3.05. The second-order valence-electron chi connectivity index (χ2n) is 2.48. The first-order valence-electron chi connectivity index (χ1n) is 3.72. The maximum absolute atomic E-state index is 12.5. The van der Waals surface area contributed by atoms with Crippen molar-refractivity contribution in [2.45, 2.75) is 12.8 Å². The summed E-state index contributed by atoms with van der Waals surface area (Å²) in [5, 5.41) is 0. The fourth-order valence-electron chi connectivity index (χ4n) is 0.985. The van der Waals surface area contributed by atoms with Crippen LogP contribution in [0.1, 0.15) is 12.0 Å². The van der Waals surface area contributed by atoms with Crippen molar-refractivity contribution < 1.29 is 4.39 Å². The van der Waals surface area contributed by atoms with E-state index in [1.165, 1.54) is 12.1 Å². The molecule has 1 aromatic rings. The smallest absolute Gasteiger partial charge is 0.123 e. The number of hydrogen-bond donors (Lipinski definition) is 0. The molecular weight excluding hydrogens is 141 g/mol. The first-order chi connectivity index (χ1) is 5.33. The SMILES string of the molecule is [NH]CCCc1cccc(F)c1. The van der Waals surface area contributed by atoms with Crippen LogP contribution >= 0.6 is 0 Å². The lowest BCUT2D eigenvalue weighted by Crippen LogP contribution is -1.90. The van der Waals surface area contributed by atoms with Crippen molar-refractivity contribution in [2.75, 3.05) is 6.54 Å². The van der Waals surface area contributed by atoms with Gasteiger partial charge in [-0.3, -0.25) is 5.73 Å². The summed E-state index contributed by atoms with van der Waals surface area (Å²) in [5.74, 6) is -0.188. The molecule has 1 nitrogen and oxygen atoms in total. The number of hydrogen-bond acceptors (Lipinski definition) is 0. The molecule has 0 aliphatic heterocycles. The Morgan fingerprint density at radius 2 is 2.18 bits per heavy atom. The Morgan fingerprint density at radius 1 is 1.36 bits per heavy atom. The normalized spacial score (nSPS) is 10.0. The fraction of sp³-hybridized carbons (Fsp3) is 0.333. The molecule has 0 atom stereocenters. The molecule has 1 N–H and O–H groups in total. The average Bonchev–Trinajstić information content (AvgIpc) is 2.01. The Hall–Kier alpha value is -0.890. The predicted molar refractivity (Wildman–Crippen MR) is 42.7 cm³/mol. The van der Waals surface area contributed by atoms with Gasteiger partial charge in [-0.1, -0.05) is 12.1 Å². The molecule has 59 valence electrons. The van der Waals surface area contributed by atoms with Crippen molar-refractivity contribution >= 4 is 0 Å². The molecule has 11 heavy (non-hydrogen) atoms. The van der Waals surface area contributed by atoms with Gasteiger partial charge in [0.1, 0.15) is 5.82 Å². The minimum atomic E-state index is -0.188. The Morgan fingerprint density at radius 3 is 2.82 bits per heavy atom. The van der Waals surface area contributed by atoms with Crippen molar-refractivity contribution in [3.63, 3.8) is 0 Å². The van der Waals surface area contributed by atoms with Gasteiger partial charge in [-0.2, -0.15) is 0 Å². The molecule has 0 saturated heterocycles. The van der Waals surface area contributed by atoms with E-state index in [1.54, 1.807) is 6.07 Å². The lowest BCUT2D eigenvalue weighted by Gasteiger charge is -1.97. The summed E-state index contributed by atoms with van der Waals surface area (Å²) in [7, 11) is 0. The van der Waals surface area contributed by atoms with Gasteiger partial charge in [0.2, 0.25) is 0 Å². The molecule has 0 aliphatic rings. The zero-order chi connectivity index (χ0) is 8.10. The Labute approximate surface area is 66.0 Å². The van der Waals surface area contributed by atoms with E-state index in [0.717, 1.165) is 18.4 Å². The van der Waals surface area contributed by atoms with E-state index in [9.17, 15) is 4.39 Å². The third-order valence-electron chi connectivity index (χ3n) is 1.53. The Bertz CT molecular complexity index is 223. The van der Waals surface area contributed by atoms with Gasteiger partial charge in [0.05, 0.1) is 0 Å². The van der Waals surface area contributed by atoms with Crippen LogP contribution < -0.4 is 5.73 Å². The Balaban J connectivity index is 2.56. The third kappa shape index (κ3) is 2.68. The van der Waals surface area contributed by atoms with Crippen molar-refractivity contribution in [2.24, 2.45) is 0 Å². The van der Waals surface area contributed by atoms with Crippen LogP contribution in [0.25, 0.3) is 0 Å². The molecule has 1 rings (SSSR count). The van der Waals surface area contributed by atoms with Crippen LogP contribution in [0.15, 0.2) is 24.3 Å². The standard InChI is InChI=1S/C9H11FN/c10-9-5-1-3-8(7-9)4-2-6-11/h1,3,5,7,11H,2,4,6H2. The quantitative estimate of drug-likeness (QED) is 0.633. The topological polar surface area (TPSA) is 23.8 Å². The van der Waals surface area contributed by atoms with Crippen molar-refractivity contribution in [1.82, 2.24) is 5.73 Å². The lowest BCUT2D eigenvalue weighted by molar-refractivity contribution is 0.624. The molecule has 1 aromatic carbocycles. The van der Waals surface area contributed by atoms with E-state index < -0.39 is 0 Å². The maximum Gasteiger partial charge on any atom is 0.123 e. The summed E-state index contributed by atoms with van der Waals surface area (Å²) < 4.78 is 12.5. The maximum atomic E-state index is 12.5. The number of nitrogens with one attached hydrogen (secondary N) is 1. The molecule has 0 aliphatic carbocycles. The average molecular weight is 152 g/mol. The van der Waals surface area contributed by atoms with Gasteiger partial charge >= 0.3 is 0 Å². The first kappa shape index (κ1) is 8.21. The van der Waals surface area contributed by atoms with Gasteiger partial charge in [0.15, 0.2) is 0 Å². The zero-order valence-corrected chi connectivity index (χ0v) is 6.31. The minimum absolute atomic E-state index is 0.188. The summed E-state index contributed by atoms with van der Waals surface area (Å²) in [6.07, 6.45) is 1.62. The van der Waals surface area contributed by atoms with Gasteiger partial charge in [-0.25, -0.2) is 4.39 Å². The molecule has 0 aromatic heterocycles. The number of rotatable bonds is 3. The lowest BCUT2D eigenvalue weighted by atomic mass is 10.1. The number of halogens is 1. The summed E-state index contributed by atoms with van der Waals surface area (Å²) in [5.41, 5.74) is 7.90. The van der Waals surface area contributed by atoms with Crippen LogP contribution in [0, 0.1) is 5.82 Å². The van der Waals surface area contributed by atoms with Crippen LogP contribution in [-0.2, 0) is 6.42 Å². The van der Waals surface area contributed by atoms with Gasteiger partial charge in [0, 0.05) is 6.54 Å². The summed E-state index contributed by atoms with van der Waals surface area (Å²) in [6, 6.07) is 6.55. The van der Waals surface area contributed by atoms with Gasteiger partial charge < -0.3 is 0 Å². The highest BCUT2D eigenvalue weighted by Crippen LogP contribution is 2.05. The largest absolute Gasteiger partial charge is 0.258 e. The molecule has 0 heterocycles. The summed E-state index contributed by atoms with van der Waals surface area (Å²) in [4.78, 5) is 0. The van der Waals surface area contributed by atoms with Crippen LogP contribution in [0.3, 0.4) is 0 Å². The molecule has 0 spiro atoms. The molecule has 0 amide bonds. The first-order valence-corrected chi connectivity index (χ1v) is 3.72. The molecule has 2 heteroatoms. The third-order valence-corrected chi connectivity index (χ3v) is 1.53. The van der Waals surface area contributed by atoms with Crippen LogP contribution in [0.5, 0.6) is 0 Å². The molecule has 0 unspecified atom stereocenters. The molecule has 0 bridgehead atoms. The van der Waals surface area contributed by atoms with Gasteiger partial charge in [-0.15, -0.1) is 0 Å². The van der Waals surface area contributed by atoms with E-state index in [4.69, 9.17) is 5.73 Å². The summed E-state index contributed by atoms with van der Waals surface area (Å²) in [6.45, 7) is 0.413. The van der Waals surface area contributed by atoms with Crippen LogP contribution in [0.2, 0.25) is 0 Å².